The highest BCUT2D eigenvalue weighted by Crippen LogP contribution is 2.24. The molecular weight excluding hydrogens is 330 g/mol. The number of para-hydroxylation sites is 1. The van der Waals surface area contributed by atoms with E-state index in [9.17, 15) is 4.79 Å². The van der Waals surface area contributed by atoms with Gasteiger partial charge >= 0.3 is 0 Å². The summed E-state index contributed by atoms with van der Waals surface area (Å²) in [6, 6.07) is 15.1. The average molecular weight is 351 g/mol. The minimum absolute atomic E-state index is 0.109. The molecule has 2 aromatic carbocycles. The molecule has 0 bridgehead atoms. The Morgan fingerprint density at radius 3 is 2.50 bits per heavy atom. The Bertz CT molecular complexity index is 896. The van der Waals surface area contributed by atoms with Crippen LogP contribution in [0.25, 0.3) is 10.9 Å². The summed E-state index contributed by atoms with van der Waals surface area (Å²) in [6.07, 6.45) is 0.645. The number of aliphatic hydroxyl groups is 1. The van der Waals surface area contributed by atoms with Gasteiger partial charge in [-0.3, -0.25) is 4.79 Å². The number of aliphatic hydroxyl groups excluding tert-OH is 1. The van der Waals surface area contributed by atoms with Crippen LogP contribution < -0.4 is 16.0 Å². The lowest BCUT2D eigenvalue weighted by Gasteiger charge is -2.12. The van der Waals surface area contributed by atoms with Gasteiger partial charge in [-0.25, -0.2) is 4.98 Å². The van der Waals surface area contributed by atoms with Crippen LogP contribution in [0.4, 0.5) is 23.1 Å². The Labute approximate surface area is 151 Å². The third-order valence-corrected chi connectivity index (χ3v) is 3.69. The van der Waals surface area contributed by atoms with E-state index in [1.165, 1.54) is 6.92 Å². The third-order valence-electron chi connectivity index (χ3n) is 3.69. The van der Waals surface area contributed by atoms with Crippen LogP contribution in [0.3, 0.4) is 0 Å². The Morgan fingerprint density at radius 2 is 1.77 bits per heavy atom. The van der Waals surface area contributed by atoms with Gasteiger partial charge in [0.1, 0.15) is 5.82 Å². The summed E-state index contributed by atoms with van der Waals surface area (Å²) >= 11 is 0. The van der Waals surface area contributed by atoms with Crippen LogP contribution in [0.1, 0.15) is 13.3 Å². The second-order valence-electron chi connectivity index (χ2n) is 5.80. The van der Waals surface area contributed by atoms with Crippen LogP contribution >= 0.6 is 0 Å². The normalized spacial score (nSPS) is 10.5. The topological polar surface area (TPSA) is 99.2 Å². The molecule has 0 fully saturated rings. The van der Waals surface area contributed by atoms with E-state index in [1.807, 2.05) is 48.5 Å². The van der Waals surface area contributed by atoms with Crippen molar-refractivity contribution < 1.29 is 9.90 Å². The number of aromatic nitrogens is 2. The first-order valence-electron chi connectivity index (χ1n) is 8.42. The Balaban J connectivity index is 1.83. The molecule has 0 unspecified atom stereocenters. The van der Waals surface area contributed by atoms with E-state index in [4.69, 9.17) is 5.11 Å². The van der Waals surface area contributed by atoms with Crippen molar-refractivity contribution >= 4 is 40.0 Å². The van der Waals surface area contributed by atoms with Crippen molar-refractivity contribution in [2.45, 2.75) is 13.3 Å². The molecule has 1 aromatic heterocycles. The number of carbonyl (C=O) groups is 1. The van der Waals surface area contributed by atoms with Crippen molar-refractivity contribution in [2.24, 2.45) is 0 Å². The maximum atomic E-state index is 11.1. The van der Waals surface area contributed by atoms with Crippen molar-refractivity contribution in [3.05, 3.63) is 48.5 Å². The molecule has 0 aliphatic heterocycles. The molecule has 0 saturated carbocycles. The molecule has 7 nitrogen and oxygen atoms in total. The van der Waals surface area contributed by atoms with Gasteiger partial charge in [0.2, 0.25) is 11.9 Å². The van der Waals surface area contributed by atoms with E-state index in [1.54, 1.807) is 0 Å². The highest BCUT2D eigenvalue weighted by atomic mass is 16.3. The minimum Gasteiger partial charge on any atom is -0.396 e. The van der Waals surface area contributed by atoms with E-state index in [-0.39, 0.29) is 12.5 Å². The number of benzene rings is 2. The van der Waals surface area contributed by atoms with Gasteiger partial charge in [-0.15, -0.1) is 0 Å². The molecule has 0 aliphatic carbocycles. The number of nitrogens with zero attached hydrogens (tertiary/aromatic N) is 2. The standard InChI is InChI=1S/C19H21N5O2/c1-13(26)21-14-7-9-15(10-8-14)22-19-23-17-6-3-2-5-16(17)18(24-19)20-11-4-12-25/h2-3,5-10,25H,4,11-12H2,1H3,(H,21,26)(H2,20,22,23,24). The first-order chi connectivity index (χ1) is 12.7. The number of rotatable bonds is 7. The second kappa shape index (κ2) is 8.26. The number of hydrogen-bond donors (Lipinski definition) is 4. The lowest BCUT2D eigenvalue weighted by Crippen LogP contribution is -2.08. The molecule has 0 spiro atoms. The van der Waals surface area contributed by atoms with Crippen molar-refractivity contribution in [3.8, 4) is 0 Å². The summed E-state index contributed by atoms with van der Waals surface area (Å²) in [5.41, 5.74) is 2.37. The highest BCUT2D eigenvalue weighted by Gasteiger charge is 2.07. The van der Waals surface area contributed by atoms with Gasteiger partial charge in [-0.05, 0) is 42.8 Å². The highest BCUT2D eigenvalue weighted by molar-refractivity contribution is 5.90. The second-order valence-corrected chi connectivity index (χ2v) is 5.80. The monoisotopic (exact) mass is 351 g/mol. The van der Waals surface area contributed by atoms with Gasteiger partial charge < -0.3 is 21.1 Å². The predicted octanol–water partition coefficient (Wildman–Crippen LogP) is 3.13. The van der Waals surface area contributed by atoms with Crippen LogP contribution in [-0.4, -0.2) is 34.1 Å². The largest absolute Gasteiger partial charge is 0.396 e. The third kappa shape index (κ3) is 4.46. The van der Waals surface area contributed by atoms with Gasteiger partial charge in [0.25, 0.3) is 0 Å². The van der Waals surface area contributed by atoms with Gasteiger partial charge in [-0.2, -0.15) is 4.98 Å². The van der Waals surface area contributed by atoms with Crippen LogP contribution in [0.2, 0.25) is 0 Å². The Kier molecular flexibility index (Phi) is 5.60. The Morgan fingerprint density at radius 1 is 1.04 bits per heavy atom. The summed E-state index contributed by atoms with van der Waals surface area (Å²) in [4.78, 5) is 20.2. The maximum absolute atomic E-state index is 11.1. The number of fused-ring (bicyclic) bond motifs is 1. The quantitative estimate of drug-likeness (QED) is 0.488. The van der Waals surface area contributed by atoms with Gasteiger partial charge in [0.05, 0.1) is 5.52 Å². The molecular formula is C19H21N5O2. The van der Waals surface area contributed by atoms with E-state index in [0.717, 1.165) is 28.1 Å². The predicted molar refractivity (Wildman–Crippen MR) is 104 cm³/mol. The number of hydrogen-bond acceptors (Lipinski definition) is 6. The molecule has 7 heteroatoms. The average Bonchev–Trinajstić information content (AvgIpc) is 2.63. The number of anilines is 4. The van der Waals surface area contributed by atoms with Crippen molar-refractivity contribution in [2.75, 3.05) is 29.1 Å². The smallest absolute Gasteiger partial charge is 0.229 e. The summed E-state index contributed by atoms with van der Waals surface area (Å²) in [5.74, 6) is 1.09. The van der Waals surface area contributed by atoms with Crippen molar-refractivity contribution in [1.29, 1.82) is 0 Å². The number of carbonyl (C=O) groups excluding carboxylic acids is 1. The van der Waals surface area contributed by atoms with Crippen LogP contribution in [0, 0.1) is 0 Å². The van der Waals surface area contributed by atoms with Crippen molar-refractivity contribution in [1.82, 2.24) is 9.97 Å². The molecule has 0 radical (unpaired) electrons. The van der Waals surface area contributed by atoms with Gasteiger partial charge in [0.15, 0.2) is 0 Å². The minimum atomic E-state index is -0.109. The molecule has 1 amide bonds. The zero-order valence-electron chi connectivity index (χ0n) is 14.5. The zero-order valence-corrected chi connectivity index (χ0v) is 14.5. The van der Waals surface area contributed by atoms with Gasteiger partial charge in [-0.1, -0.05) is 12.1 Å². The molecule has 4 N–H and O–H groups in total. The van der Waals surface area contributed by atoms with Crippen LogP contribution in [0.15, 0.2) is 48.5 Å². The van der Waals surface area contributed by atoms with E-state index < -0.39 is 0 Å². The fourth-order valence-corrected chi connectivity index (χ4v) is 2.52. The number of amides is 1. The van der Waals surface area contributed by atoms with E-state index >= 15 is 0 Å². The Hall–Kier alpha value is -3.19. The number of nitrogens with one attached hydrogen (secondary N) is 3. The first kappa shape index (κ1) is 17.6. The summed E-state index contributed by atoms with van der Waals surface area (Å²) in [6.45, 7) is 2.23. The van der Waals surface area contributed by atoms with Crippen molar-refractivity contribution in [3.63, 3.8) is 0 Å². The summed E-state index contributed by atoms with van der Waals surface area (Å²) in [7, 11) is 0. The van der Waals surface area contributed by atoms with Crippen LogP contribution in [0.5, 0.6) is 0 Å². The molecule has 134 valence electrons. The molecule has 26 heavy (non-hydrogen) atoms. The lowest BCUT2D eigenvalue weighted by atomic mass is 10.2. The van der Waals surface area contributed by atoms with Gasteiger partial charge in [0, 0.05) is 36.8 Å². The molecule has 0 atom stereocenters. The van der Waals surface area contributed by atoms with E-state index in [0.29, 0.717) is 18.9 Å². The maximum Gasteiger partial charge on any atom is 0.229 e. The van der Waals surface area contributed by atoms with E-state index in [2.05, 4.69) is 25.9 Å². The molecule has 0 saturated heterocycles. The fourth-order valence-electron chi connectivity index (χ4n) is 2.52. The van der Waals surface area contributed by atoms with Crippen LogP contribution in [-0.2, 0) is 4.79 Å². The molecule has 1 heterocycles. The summed E-state index contributed by atoms with van der Waals surface area (Å²) in [5, 5.41) is 19.1. The molecule has 0 aliphatic rings. The zero-order chi connectivity index (χ0) is 18.4. The first-order valence-corrected chi connectivity index (χ1v) is 8.42. The summed E-state index contributed by atoms with van der Waals surface area (Å²) < 4.78 is 0. The SMILES string of the molecule is CC(=O)Nc1ccc(Nc2nc(NCCCO)c3ccccc3n2)cc1. The molecule has 3 aromatic rings. The molecule has 3 rings (SSSR count). The fraction of sp³-hybridized carbons (Fsp3) is 0.211. The lowest BCUT2D eigenvalue weighted by molar-refractivity contribution is -0.114.